The van der Waals surface area contributed by atoms with Gasteiger partial charge in [0.1, 0.15) is 0 Å². The molecule has 0 saturated heterocycles. The average molecular weight is 239 g/mol. The van der Waals surface area contributed by atoms with Crippen LogP contribution in [-0.4, -0.2) is 11.9 Å². The first-order chi connectivity index (χ1) is 7.00. The third-order valence-electron chi connectivity index (χ3n) is 1.94. The second-order valence-electron chi connectivity index (χ2n) is 3.70. The first kappa shape index (κ1) is 12.5. The predicted octanol–water partition coefficient (Wildman–Crippen LogP) is 4.54. The van der Waals surface area contributed by atoms with Gasteiger partial charge >= 0.3 is 0 Å². The topological polar surface area (TPSA) is 3.24 Å². The van der Waals surface area contributed by atoms with Crippen LogP contribution in [0.1, 0.15) is 20.8 Å². The van der Waals surface area contributed by atoms with Gasteiger partial charge in [0.05, 0.1) is 5.03 Å². The maximum atomic E-state index is 4.03. The molecule has 82 valence electrons. The Morgan fingerprint density at radius 2 is 2.20 bits per heavy atom. The maximum absolute atomic E-state index is 4.03. The molecular weight excluding hydrogens is 222 g/mol. The Morgan fingerprint density at radius 1 is 1.53 bits per heavy atom. The SMILES string of the molecule is C=C(/C=C1\SC=C(C)N1C)SC=C(C)C. The Bertz CT molecular complexity index is 347. The van der Waals surface area contributed by atoms with E-state index in [1.54, 1.807) is 23.5 Å². The van der Waals surface area contributed by atoms with Crippen molar-refractivity contribution in [2.75, 3.05) is 7.05 Å². The summed E-state index contributed by atoms with van der Waals surface area (Å²) in [5.74, 6) is 0. The fourth-order valence-electron chi connectivity index (χ4n) is 0.974. The van der Waals surface area contributed by atoms with Crippen molar-refractivity contribution in [3.05, 3.63) is 44.7 Å². The van der Waals surface area contributed by atoms with Gasteiger partial charge in [-0.3, -0.25) is 0 Å². The van der Waals surface area contributed by atoms with Crippen LogP contribution in [0.15, 0.2) is 44.7 Å². The van der Waals surface area contributed by atoms with E-state index in [4.69, 9.17) is 0 Å². The lowest BCUT2D eigenvalue weighted by Gasteiger charge is -2.14. The zero-order valence-electron chi connectivity index (χ0n) is 9.70. The standard InChI is InChI=1S/C12H17NS2/c1-9(2)7-14-11(4)6-12-13(5)10(3)8-15-12/h6-8H,4H2,1-3,5H3/b12-6-. The molecule has 0 fully saturated rings. The van der Waals surface area contributed by atoms with E-state index in [1.165, 1.54) is 16.3 Å². The minimum Gasteiger partial charge on any atom is -0.342 e. The summed E-state index contributed by atoms with van der Waals surface area (Å²) in [6, 6.07) is 0. The predicted molar refractivity (Wildman–Crippen MR) is 73.4 cm³/mol. The summed E-state index contributed by atoms with van der Waals surface area (Å²) in [5, 5.41) is 5.52. The van der Waals surface area contributed by atoms with E-state index in [2.05, 4.69) is 56.2 Å². The van der Waals surface area contributed by atoms with Gasteiger partial charge in [0.25, 0.3) is 0 Å². The molecule has 1 aliphatic rings. The lowest BCUT2D eigenvalue weighted by atomic mass is 10.4. The van der Waals surface area contributed by atoms with Crippen molar-refractivity contribution in [1.29, 1.82) is 0 Å². The molecule has 15 heavy (non-hydrogen) atoms. The summed E-state index contributed by atoms with van der Waals surface area (Å²) < 4.78 is 0. The molecule has 0 aromatic carbocycles. The summed E-state index contributed by atoms with van der Waals surface area (Å²) in [6.45, 7) is 10.3. The number of nitrogens with zero attached hydrogens (tertiary/aromatic N) is 1. The van der Waals surface area contributed by atoms with E-state index in [0.717, 1.165) is 4.91 Å². The smallest absolute Gasteiger partial charge is 0.0801 e. The number of thioether (sulfide) groups is 2. The summed E-state index contributed by atoms with van der Waals surface area (Å²) in [4.78, 5) is 3.26. The fraction of sp³-hybridized carbons (Fsp3) is 0.333. The van der Waals surface area contributed by atoms with Gasteiger partial charge < -0.3 is 4.90 Å². The van der Waals surface area contributed by atoms with Crippen molar-refractivity contribution >= 4 is 23.5 Å². The van der Waals surface area contributed by atoms with E-state index in [9.17, 15) is 0 Å². The number of allylic oxidation sites excluding steroid dienone is 3. The van der Waals surface area contributed by atoms with Crippen molar-refractivity contribution in [2.24, 2.45) is 0 Å². The molecule has 0 aliphatic carbocycles. The highest BCUT2D eigenvalue weighted by Crippen LogP contribution is 2.34. The van der Waals surface area contributed by atoms with Crippen LogP contribution in [-0.2, 0) is 0 Å². The Kier molecular flexibility index (Phi) is 4.61. The molecule has 1 heterocycles. The first-order valence-corrected chi connectivity index (χ1v) is 6.54. The molecule has 0 aromatic rings. The Balaban J connectivity index is 2.58. The monoisotopic (exact) mass is 239 g/mol. The number of hydrogen-bond acceptors (Lipinski definition) is 3. The molecular formula is C12H17NS2. The lowest BCUT2D eigenvalue weighted by Crippen LogP contribution is -2.08. The summed E-state index contributed by atoms with van der Waals surface area (Å²) >= 11 is 3.43. The van der Waals surface area contributed by atoms with Crippen LogP contribution in [0.2, 0.25) is 0 Å². The maximum Gasteiger partial charge on any atom is 0.0801 e. The van der Waals surface area contributed by atoms with Crippen molar-refractivity contribution in [2.45, 2.75) is 20.8 Å². The van der Waals surface area contributed by atoms with Crippen LogP contribution in [0.4, 0.5) is 0 Å². The van der Waals surface area contributed by atoms with Crippen molar-refractivity contribution in [3.63, 3.8) is 0 Å². The molecule has 0 bridgehead atoms. The number of rotatable bonds is 3. The third-order valence-corrected chi connectivity index (χ3v) is 4.04. The fourth-order valence-corrected chi connectivity index (χ4v) is 2.58. The third kappa shape index (κ3) is 3.84. The number of hydrogen-bond donors (Lipinski definition) is 0. The minimum atomic E-state index is 1.08. The normalized spacial score (nSPS) is 18.0. The van der Waals surface area contributed by atoms with Gasteiger partial charge in [0, 0.05) is 17.6 Å². The van der Waals surface area contributed by atoms with Crippen LogP contribution in [0.25, 0.3) is 0 Å². The second kappa shape index (κ2) is 5.52. The van der Waals surface area contributed by atoms with Gasteiger partial charge in [-0.15, -0.1) is 0 Å². The molecule has 3 heteroatoms. The summed E-state index contributed by atoms with van der Waals surface area (Å²) in [7, 11) is 2.08. The van der Waals surface area contributed by atoms with Crippen molar-refractivity contribution in [1.82, 2.24) is 4.90 Å². The molecule has 0 radical (unpaired) electrons. The van der Waals surface area contributed by atoms with Gasteiger partial charge in [-0.05, 0) is 37.7 Å². The Labute approximate surface area is 101 Å². The van der Waals surface area contributed by atoms with E-state index in [0.29, 0.717) is 0 Å². The highest BCUT2D eigenvalue weighted by Gasteiger charge is 2.13. The molecule has 0 aromatic heterocycles. The quantitative estimate of drug-likeness (QED) is 0.712. The summed E-state index contributed by atoms with van der Waals surface area (Å²) in [6.07, 6.45) is 2.13. The molecule has 1 rings (SSSR count). The van der Waals surface area contributed by atoms with E-state index >= 15 is 0 Å². The van der Waals surface area contributed by atoms with Crippen LogP contribution in [0, 0.1) is 0 Å². The van der Waals surface area contributed by atoms with Crippen molar-refractivity contribution < 1.29 is 0 Å². The Hall–Kier alpha value is -0.540. The van der Waals surface area contributed by atoms with Gasteiger partial charge in [-0.1, -0.05) is 35.7 Å². The lowest BCUT2D eigenvalue weighted by molar-refractivity contribution is 0.567. The molecule has 0 saturated carbocycles. The van der Waals surface area contributed by atoms with E-state index in [-0.39, 0.29) is 0 Å². The average Bonchev–Trinajstić information content (AvgIpc) is 2.47. The van der Waals surface area contributed by atoms with Crippen molar-refractivity contribution in [3.8, 4) is 0 Å². The minimum absolute atomic E-state index is 1.08. The first-order valence-electron chi connectivity index (χ1n) is 4.78. The molecule has 1 nitrogen and oxygen atoms in total. The van der Waals surface area contributed by atoms with Gasteiger partial charge in [-0.2, -0.15) is 0 Å². The van der Waals surface area contributed by atoms with Crippen LogP contribution in [0.3, 0.4) is 0 Å². The molecule has 1 aliphatic heterocycles. The molecule has 0 unspecified atom stereocenters. The highest BCUT2D eigenvalue weighted by atomic mass is 32.2. The highest BCUT2D eigenvalue weighted by molar-refractivity contribution is 8.07. The second-order valence-corrected chi connectivity index (χ2v) is 5.58. The van der Waals surface area contributed by atoms with Gasteiger partial charge in [-0.25, -0.2) is 0 Å². The largest absolute Gasteiger partial charge is 0.342 e. The van der Waals surface area contributed by atoms with Crippen LogP contribution in [0.5, 0.6) is 0 Å². The van der Waals surface area contributed by atoms with E-state index in [1.807, 2.05) is 0 Å². The zero-order chi connectivity index (χ0) is 11.4. The molecule has 0 N–H and O–H groups in total. The molecule has 0 amide bonds. The zero-order valence-corrected chi connectivity index (χ0v) is 11.3. The van der Waals surface area contributed by atoms with E-state index < -0.39 is 0 Å². The summed E-state index contributed by atoms with van der Waals surface area (Å²) in [5.41, 5.74) is 2.59. The Morgan fingerprint density at radius 3 is 2.67 bits per heavy atom. The van der Waals surface area contributed by atoms with Gasteiger partial charge in [0.15, 0.2) is 0 Å². The van der Waals surface area contributed by atoms with Crippen LogP contribution >= 0.6 is 23.5 Å². The van der Waals surface area contributed by atoms with Gasteiger partial charge in [0.2, 0.25) is 0 Å². The van der Waals surface area contributed by atoms with Crippen LogP contribution < -0.4 is 0 Å². The molecule has 0 atom stereocenters. The molecule has 0 spiro atoms.